The second kappa shape index (κ2) is 7.03. The summed E-state index contributed by atoms with van der Waals surface area (Å²) in [5, 5.41) is 2.67. The largest absolute Gasteiger partial charge is 0.333 e. The first-order chi connectivity index (χ1) is 11.5. The van der Waals surface area contributed by atoms with Crippen LogP contribution < -0.4 is 5.32 Å². The first kappa shape index (κ1) is 16.5. The molecule has 0 aliphatic rings. The summed E-state index contributed by atoms with van der Waals surface area (Å²) >= 11 is 11.6. The van der Waals surface area contributed by atoms with Crippen molar-refractivity contribution < 1.29 is 9.18 Å². The van der Waals surface area contributed by atoms with Gasteiger partial charge in [-0.1, -0.05) is 35.3 Å². The molecule has 4 nitrogen and oxygen atoms in total. The van der Waals surface area contributed by atoms with Gasteiger partial charge in [0, 0.05) is 24.6 Å². The Morgan fingerprint density at radius 3 is 2.79 bits per heavy atom. The fourth-order valence-electron chi connectivity index (χ4n) is 2.23. The van der Waals surface area contributed by atoms with Crippen LogP contribution in [0.15, 0.2) is 55.1 Å². The molecular formula is C17H12Cl2FN3O. The Morgan fingerprint density at radius 1 is 1.21 bits per heavy atom. The van der Waals surface area contributed by atoms with Gasteiger partial charge in [0.1, 0.15) is 5.82 Å². The molecule has 7 heteroatoms. The molecule has 0 atom stereocenters. The molecule has 1 heterocycles. The van der Waals surface area contributed by atoms with Crippen LogP contribution in [0, 0.1) is 5.82 Å². The predicted octanol–water partition coefficient (Wildman–Crippen LogP) is 4.63. The maximum atomic E-state index is 13.6. The van der Waals surface area contributed by atoms with Crippen molar-refractivity contribution in [1.82, 2.24) is 9.55 Å². The van der Waals surface area contributed by atoms with Crippen LogP contribution in [0.4, 0.5) is 10.1 Å². The van der Waals surface area contributed by atoms with Crippen LogP contribution >= 0.6 is 23.2 Å². The number of rotatable bonds is 4. The van der Waals surface area contributed by atoms with E-state index in [4.69, 9.17) is 23.2 Å². The van der Waals surface area contributed by atoms with Crippen LogP contribution in [0.2, 0.25) is 10.0 Å². The van der Waals surface area contributed by atoms with E-state index in [1.807, 2.05) is 29.0 Å². The molecular weight excluding hydrogens is 352 g/mol. The highest BCUT2D eigenvalue weighted by atomic mass is 35.5. The number of carbonyl (C=O) groups is 1. The summed E-state index contributed by atoms with van der Waals surface area (Å²) in [6.07, 6.45) is 5.26. The Bertz CT molecular complexity index is 882. The van der Waals surface area contributed by atoms with E-state index in [1.54, 1.807) is 18.6 Å². The number of hydrogen-bond donors (Lipinski definition) is 1. The van der Waals surface area contributed by atoms with Gasteiger partial charge in [-0.05, 0) is 29.8 Å². The fraction of sp³-hybridized carbons (Fsp3) is 0.0588. The molecule has 0 unspecified atom stereocenters. The molecule has 0 bridgehead atoms. The average molecular weight is 364 g/mol. The van der Waals surface area contributed by atoms with Crippen molar-refractivity contribution in [2.45, 2.75) is 6.54 Å². The molecule has 0 fully saturated rings. The van der Waals surface area contributed by atoms with Crippen LogP contribution in [0.1, 0.15) is 15.9 Å². The van der Waals surface area contributed by atoms with E-state index in [0.717, 1.165) is 11.6 Å². The van der Waals surface area contributed by atoms with E-state index >= 15 is 0 Å². The highest BCUT2D eigenvalue weighted by Crippen LogP contribution is 2.25. The van der Waals surface area contributed by atoms with E-state index in [2.05, 4.69) is 10.3 Å². The smallest absolute Gasteiger partial charge is 0.257 e. The topological polar surface area (TPSA) is 46.9 Å². The van der Waals surface area contributed by atoms with Crippen LogP contribution in [0.5, 0.6) is 0 Å². The van der Waals surface area contributed by atoms with Crippen molar-refractivity contribution in [3.05, 3.63) is 82.1 Å². The number of nitrogens with one attached hydrogen (secondary N) is 1. The molecule has 24 heavy (non-hydrogen) atoms. The minimum Gasteiger partial charge on any atom is -0.333 e. The SMILES string of the molecule is O=C(Nc1cccc(Cn2ccnc2)c1)c1cc(F)c(Cl)cc1Cl. The van der Waals surface area contributed by atoms with Gasteiger partial charge in [-0.3, -0.25) is 4.79 Å². The van der Waals surface area contributed by atoms with Gasteiger partial charge in [-0.25, -0.2) is 9.37 Å². The van der Waals surface area contributed by atoms with E-state index in [0.29, 0.717) is 12.2 Å². The summed E-state index contributed by atoms with van der Waals surface area (Å²) in [6, 6.07) is 9.57. The normalized spacial score (nSPS) is 10.6. The Kier molecular flexibility index (Phi) is 4.83. The standard InChI is InChI=1S/C17H12Cl2FN3O/c18-14-8-15(19)16(20)7-13(14)17(24)22-12-3-1-2-11(6-12)9-23-5-4-21-10-23/h1-8,10H,9H2,(H,22,24). The van der Waals surface area contributed by atoms with Crippen molar-refractivity contribution >= 4 is 34.8 Å². The van der Waals surface area contributed by atoms with Gasteiger partial charge in [0.25, 0.3) is 5.91 Å². The maximum Gasteiger partial charge on any atom is 0.257 e. The second-order valence-corrected chi connectivity index (χ2v) is 5.95. The third-order valence-corrected chi connectivity index (χ3v) is 3.97. The summed E-state index contributed by atoms with van der Waals surface area (Å²) in [6.45, 7) is 0.625. The number of hydrogen-bond acceptors (Lipinski definition) is 2. The summed E-state index contributed by atoms with van der Waals surface area (Å²) < 4.78 is 15.5. The predicted molar refractivity (Wildman–Crippen MR) is 92.1 cm³/mol. The lowest BCUT2D eigenvalue weighted by atomic mass is 10.1. The molecule has 3 rings (SSSR count). The van der Waals surface area contributed by atoms with Crippen molar-refractivity contribution in [3.63, 3.8) is 0 Å². The van der Waals surface area contributed by atoms with Crippen LogP contribution in [0.25, 0.3) is 0 Å². The van der Waals surface area contributed by atoms with E-state index < -0.39 is 11.7 Å². The van der Waals surface area contributed by atoms with E-state index in [-0.39, 0.29) is 15.6 Å². The summed E-state index contributed by atoms with van der Waals surface area (Å²) in [5.74, 6) is -1.20. The van der Waals surface area contributed by atoms with Crippen molar-refractivity contribution in [1.29, 1.82) is 0 Å². The maximum absolute atomic E-state index is 13.6. The van der Waals surface area contributed by atoms with Gasteiger partial charge in [0.05, 0.1) is 21.9 Å². The van der Waals surface area contributed by atoms with E-state index in [1.165, 1.54) is 6.07 Å². The zero-order chi connectivity index (χ0) is 17.1. The summed E-state index contributed by atoms with van der Waals surface area (Å²) in [4.78, 5) is 16.3. The van der Waals surface area contributed by atoms with E-state index in [9.17, 15) is 9.18 Å². The third-order valence-electron chi connectivity index (χ3n) is 3.36. The first-order valence-electron chi connectivity index (χ1n) is 7.03. The van der Waals surface area contributed by atoms with Gasteiger partial charge in [-0.2, -0.15) is 0 Å². The minimum absolute atomic E-state index is 0.0265. The number of imidazole rings is 1. The molecule has 122 valence electrons. The van der Waals surface area contributed by atoms with Crippen LogP contribution in [-0.2, 0) is 6.54 Å². The van der Waals surface area contributed by atoms with Crippen LogP contribution in [-0.4, -0.2) is 15.5 Å². The molecule has 1 amide bonds. The average Bonchev–Trinajstić information content (AvgIpc) is 3.04. The molecule has 3 aromatic rings. The molecule has 0 aliphatic carbocycles. The van der Waals surface area contributed by atoms with Crippen molar-refractivity contribution in [2.24, 2.45) is 0 Å². The lowest BCUT2D eigenvalue weighted by Gasteiger charge is -2.09. The highest BCUT2D eigenvalue weighted by Gasteiger charge is 2.14. The number of amides is 1. The summed E-state index contributed by atoms with van der Waals surface area (Å²) in [7, 11) is 0. The van der Waals surface area contributed by atoms with Gasteiger partial charge >= 0.3 is 0 Å². The third kappa shape index (κ3) is 3.75. The number of aromatic nitrogens is 2. The number of nitrogens with zero attached hydrogens (tertiary/aromatic N) is 2. The van der Waals surface area contributed by atoms with Crippen molar-refractivity contribution in [2.75, 3.05) is 5.32 Å². The Hall–Kier alpha value is -2.37. The Morgan fingerprint density at radius 2 is 2.04 bits per heavy atom. The summed E-state index contributed by atoms with van der Waals surface area (Å²) in [5.41, 5.74) is 1.60. The molecule has 0 aliphatic heterocycles. The van der Waals surface area contributed by atoms with Gasteiger partial charge in [0.2, 0.25) is 0 Å². The van der Waals surface area contributed by atoms with Gasteiger partial charge in [-0.15, -0.1) is 0 Å². The number of benzene rings is 2. The molecule has 0 saturated carbocycles. The van der Waals surface area contributed by atoms with Gasteiger partial charge in [0.15, 0.2) is 0 Å². The fourth-order valence-corrected chi connectivity index (χ4v) is 2.70. The van der Waals surface area contributed by atoms with Crippen LogP contribution in [0.3, 0.4) is 0 Å². The van der Waals surface area contributed by atoms with Gasteiger partial charge < -0.3 is 9.88 Å². The lowest BCUT2D eigenvalue weighted by molar-refractivity contribution is 0.102. The van der Waals surface area contributed by atoms with Crippen molar-refractivity contribution in [3.8, 4) is 0 Å². The first-order valence-corrected chi connectivity index (χ1v) is 7.79. The minimum atomic E-state index is -0.694. The number of carbonyl (C=O) groups excluding carboxylic acids is 1. The second-order valence-electron chi connectivity index (χ2n) is 5.14. The molecule has 2 aromatic carbocycles. The number of anilines is 1. The molecule has 0 saturated heterocycles. The molecule has 1 aromatic heterocycles. The zero-order valence-electron chi connectivity index (χ0n) is 12.3. The highest BCUT2D eigenvalue weighted by molar-refractivity contribution is 6.37. The quantitative estimate of drug-likeness (QED) is 0.686. The molecule has 0 spiro atoms. The molecule has 1 N–H and O–H groups in total. The molecule has 0 radical (unpaired) electrons. The Labute approximate surface area is 147 Å². The number of halogens is 3. The monoisotopic (exact) mass is 363 g/mol. The zero-order valence-corrected chi connectivity index (χ0v) is 13.9. The lowest BCUT2D eigenvalue weighted by Crippen LogP contribution is -2.13. The Balaban J connectivity index is 1.78.